The second-order valence-corrected chi connectivity index (χ2v) is 7.08. The van der Waals surface area contributed by atoms with E-state index in [4.69, 9.17) is 0 Å². The van der Waals surface area contributed by atoms with Crippen LogP contribution >= 0.6 is 0 Å². The molecule has 0 radical (unpaired) electrons. The molecule has 1 aromatic carbocycles. The summed E-state index contributed by atoms with van der Waals surface area (Å²) in [4.78, 5) is 41.9. The molecule has 0 saturated carbocycles. The zero-order valence-corrected chi connectivity index (χ0v) is 14.7. The standard InChI is InChI=1S/C18H24N4O3/c1-14(23)21-8-9-22(17(25)19-15-6-4-3-5-7-15)13-18(12-21)10-16(24)20(2)11-18/h3-7H,8-13H2,1-2H3,(H,19,25)/t18-/m0/s1. The van der Waals surface area contributed by atoms with Gasteiger partial charge in [-0.05, 0) is 12.1 Å². The monoisotopic (exact) mass is 344 g/mol. The lowest BCUT2D eigenvalue weighted by Crippen LogP contribution is -2.45. The molecule has 7 heteroatoms. The average molecular weight is 344 g/mol. The van der Waals surface area contributed by atoms with Crippen LogP contribution in [0.2, 0.25) is 0 Å². The Morgan fingerprint density at radius 2 is 1.68 bits per heavy atom. The topological polar surface area (TPSA) is 73.0 Å². The summed E-state index contributed by atoms with van der Waals surface area (Å²) < 4.78 is 0. The molecule has 25 heavy (non-hydrogen) atoms. The van der Waals surface area contributed by atoms with E-state index in [0.29, 0.717) is 39.1 Å². The van der Waals surface area contributed by atoms with Crippen LogP contribution in [-0.4, -0.2) is 72.3 Å². The van der Waals surface area contributed by atoms with Crippen LogP contribution in [0.5, 0.6) is 0 Å². The second-order valence-electron chi connectivity index (χ2n) is 7.08. The molecule has 134 valence electrons. The van der Waals surface area contributed by atoms with Crippen molar-refractivity contribution < 1.29 is 14.4 Å². The number of urea groups is 1. The van der Waals surface area contributed by atoms with E-state index in [1.165, 1.54) is 6.92 Å². The molecular weight excluding hydrogens is 320 g/mol. The van der Waals surface area contributed by atoms with Crippen LogP contribution in [0.3, 0.4) is 0 Å². The predicted molar refractivity (Wildman–Crippen MR) is 94.0 cm³/mol. The minimum absolute atomic E-state index is 0.0216. The minimum atomic E-state index is -0.401. The Labute approximate surface area is 147 Å². The lowest BCUT2D eigenvalue weighted by Gasteiger charge is -2.33. The fraction of sp³-hybridized carbons (Fsp3) is 0.500. The molecule has 7 nitrogen and oxygen atoms in total. The van der Waals surface area contributed by atoms with Crippen molar-refractivity contribution in [2.24, 2.45) is 5.41 Å². The van der Waals surface area contributed by atoms with Crippen LogP contribution in [0.15, 0.2) is 30.3 Å². The summed E-state index contributed by atoms with van der Waals surface area (Å²) in [6.45, 7) is 4.01. The second kappa shape index (κ2) is 6.74. The first-order chi connectivity index (χ1) is 11.9. The lowest BCUT2D eigenvalue weighted by atomic mass is 9.86. The van der Waals surface area contributed by atoms with Crippen molar-refractivity contribution >= 4 is 23.5 Å². The van der Waals surface area contributed by atoms with E-state index >= 15 is 0 Å². The van der Waals surface area contributed by atoms with Crippen molar-refractivity contribution in [3.63, 3.8) is 0 Å². The molecular formula is C18H24N4O3. The number of para-hydroxylation sites is 1. The molecule has 2 fully saturated rings. The number of anilines is 1. The first kappa shape index (κ1) is 17.3. The molecule has 2 aliphatic rings. The van der Waals surface area contributed by atoms with Gasteiger partial charge in [0, 0.05) is 64.2 Å². The van der Waals surface area contributed by atoms with Gasteiger partial charge in [-0.3, -0.25) is 9.59 Å². The summed E-state index contributed by atoms with van der Waals surface area (Å²) in [5, 5.41) is 2.90. The van der Waals surface area contributed by atoms with Crippen molar-refractivity contribution in [3.05, 3.63) is 30.3 Å². The van der Waals surface area contributed by atoms with Crippen LogP contribution in [0.1, 0.15) is 13.3 Å². The molecule has 0 unspecified atom stereocenters. The van der Waals surface area contributed by atoms with Crippen molar-refractivity contribution in [1.29, 1.82) is 0 Å². The van der Waals surface area contributed by atoms with Gasteiger partial charge in [0.15, 0.2) is 0 Å². The Morgan fingerprint density at radius 3 is 2.28 bits per heavy atom. The molecule has 2 heterocycles. The zero-order valence-electron chi connectivity index (χ0n) is 14.7. The molecule has 3 rings (SSSR count). The predicted octanol–water partition coefficient (Wildman–Crippen LogP) is 1.23. The van der Waals surface area contributed by atoms with E-state index in [2.05, 4.69) is 5.32 Å². The number of likely N-dealkylation sites (tertiary alicyclic amines) is 1. The van der Waals surface area contributed by atoms with E-state index in [9.17, 15) is 14.4 Å². The Hall–Kier alpha value is -2.57. The zero-order chi connectivity index (χ0) is 18.0. The van der Waals surface area contributed by atoms with Gasteiger partial charge < -0.3 is 20.0 Å². The molecule has 2 saturated heterocycles. The van der Waals surface area contributed by atoms with Crippen LogP contribution in [0, 0.1) is 5.41 Å². The average Bonchev–Trinajstić information content (AvgIpc) is 2.73. The summed E-state index contributed by atoms with van der Waals surface area (Å²) in [5.41, 5.74) is 0.330. The van der Waals surface area contributed by atoms with Crippen LogP contribution in [-0.2, 0) is 9.59 Å². The summed E-state index contributed by atoms with van der Waals surface area (Å²) in [6.07, 6.45) is 0.363. The first-order valence-electron chi connectivity index (χ1n) is 8.49. The van der Waals surface area contributed by atoms with E-state index in [-0.39, 0.29) is 17.8 Å². The van der Waals surface area contributed by atoms with Gasteiger partial charge in [-0.15, -0.1) is 0 Å². The number of nitrogens with zero attached hydrogens (tertiary/aromatic N) is 3. The third-order valence-electron chi connectivity index (χ3n) is 4.97. The molecule has 1 aromatic rings. The van der Waals surface area contributed by atoms with Gasteiger partial charge in [-0.2, -0.15) is 0 Å². The number of carbonyl (C=O) groups is 3. The number of amides is 4. The van der Waals surface area contributed by atoms with Crippen molar-refractivity contribution in [2.75, 3.05) is 45.1 Å². The summed E-state index contributed by atoms with van der Waals surface area (Å²) in [7, 11) is 1.77. The highest BCUT2D eigenvalue weighted by Gasteiger charge is 2.46. The van der Waals surface area contributed by atoms with Crippen LogP contribution in [0.4, 0.5) is 10.5 Å². The number of benzene rings is 1. The smallest absolute Gasteiger partial charge is 0.321 e. The molecule has 0 aromatic heterocycles. The molecule has 1 N–H and O–H groups in total. The number of hydrogen-bond acceptors (Lipinski definition) is 3. The molecule has 0 aliphatic carbocycles. The SMILES string of the molecule is CC(=O)N1CCN(C(=O)Nc2ccccc2)C[C@]2(CC(=O)N(C)C2)C1. The third-order valence-corrected chi connectivity index (χ3v) is 4.97. The highest BCUT2D eigenvalue weighted by Crippen LogP contribution is 2.34. The highest BCUT2D eigenvalue weighted by molar-refractivity contribution is 5.89. The fourth-order valence-corrected chi connectivity index (χ4v) is 3.74. The molecule has 4 amide bonds. The summed E-state index contributed by atoms with van der Waals surface area (Å²) >= 11 is 0. The molecule has 1 spiro atoms. The normalized spacial score (nSPS) is 23.8. The van der Waals surface area contributed by atoms with Gasteiger partial charge in [-0.25, -0.2) is 4.79 Å². The third kappa shape index (κ3) is 3.75. The van der Waals surface area contributed by atoms with Gasteiger partial charge in [0.2, 0.25) is 11.8 Å². The summed E-state index contributed by atoms with van der Waals surface area (Å²) in [6, 6.07) is 9.09. The Bertz CT molecular complexity index is 678. The Balaban J connectivity index is 1.79. The molecule has 0 bridgehead atoms. The first-order valence-corrected chi connectivity index (χ1v) is 8.49. The largest absolute Gasteiger partial charge is 0.345 e. The van der Waals surface area contributed by atoms with Gasteiger partial charge in [-0.1, -0.05) is 18.2 Å². The maximum absolute atomic E-state index is 12.7. The molecule has 1 atom stereocenters. The van der Waals surface area contributed by atoms with Crippen LogP contribution < -0.4 is 5.32 Å². The van der Waals surface area contributed by atoms with Crippen molar-refractivity contribution in [3.8, 4) is 0 Å². The minimum Gasteiger partial charge on any atom is -0.345 e. The van der Waals surface area contributed by atoms with E-state index < -0.39 is 5.41 Å². The van der Waals surface area contributed by atoms with Gasteiger partial charge >= 0.3 is 6.03 Å². The fourth-order valence-electron chi connectivity index (χ4n) is 3.74. The maximum atomic E-state index is 12.7. The lowest BCUT2D eigenvalue weighted by molar-refractivity contribution is -0.130. The Kier molecular flexibility index (Phi) is 4.65. The van der Waals surface area contributed by atoms with Crippen molar-refractivity contribution in [2.45, 2.75) is 13.3 Å². The Morgan fingerprint density at radius 1 is 1.04 bits per heavy atom. The van der Waals surface area contributed by atoms with E-state index in [1.807, 2.05) is 30.3 Å². The summed E-state index contributed by atoms with van der Waals surface area (Å²) in [5.74, 6) is 0.0421. The van der Waals surface area contributed by atoms with Gasteiger partial charge in [0.1, 0.15) is 0 Å². The number of carbonyl (C=O) groups excluding carboxylic acids is 3. The van der Waals surface area contributed by atoms with Gasteiger partial charge in [0.25, 0.3) is 0 Å². The quantitative estimate of drug-likeness (QED) is 0.833. The number of rotatable bonds is 1. The van der Waals surface area contributed by atoms with Crippen molar-refractivity contribution in [1.82, 2.24) is 14.7 Å². The number of hydrogen-bond donors (Lipinski definition) is 1. The van der Waals surface area contributed by atoms with Crippen LogP contribution in [0.25, 0.3) is 0 Å². The number of nitrogens with one attached hydrogen (secondary N) is 1. The molecule has 2 aliphatic heterocycles. The van der Waals surface area contributed by atoms with Gasteiger partial charge in [0.05, 0.1) is 0 Å². The highest BCUT2D eigenvalue weighted by atomic mass is 16.2. The van der Waals surface area contributed by atoms with E-state index in [1.54, 1.807) is 21.7 Å². The van der Waals surface area contributed by atoms with E-state index in [0.717, 1.165) is 5.69 Å². The maximum Gasteiger partial charge on any atom is 0.321 e.